The van der Waals surface area contributed by atoms with Crippen molar-refractivity contribution in [3.63, 3.8) is 0 Å². The molecule has 0 aromatic heterocycles. The first-order valence-corrected chi connectivity index (χ1v) is 5.70. The summed E-state index contributed by atoms with van der Waals surface area (Å²) in [7, 11) is 0. The van der Waals surface area contributed by atoms with E-state index in [1.165, 1.54) is 12.8 Å². The lowest BCUT2D eigenvalue weighted by Gasteiger charge is -2.42. The van der Waals surface area contributed by atoms with Crippen LogP contribution in [0.3, 0.4) is 0 Å². The van der Waals surface area contributed by atoms with Gasteiger partial charge in [-0.2, -0.15) is 0 Å². The predicted octanol–water partition coefficient (Wildman–Crippen LogP) is 1.96. The third kappa shape index (κ3) is 2.27. The number of rotatable bonds is 5. The van der Waals surface area contributed by atoms with E-state index in [0.29, 0.717) is 5.92 Å². The van der Waals surface area contributed by atoms with Gasteiger partial charge in [0.25, 0.3) is 0 Å². The molecule has 1 heterocycles. The van der Waals surface area contributed by atoms with E-state index in [9.17, 15) is 0 Å². The minimum Gasteiger partial charge on any atom is -0.381 e. The minimum atomic E-state index is -0.196. The van der Waals surface area contributed by atoms with E-state index in [4.69, 9.17) is 14.2 Å². The summed E-state index contributed by atoms with van der Waals surface area (Å²) in [5, 5.41) is 0. The lowest BCUT2D eigenvalue weighted by atomic mass is 9.79. The van der Waals surface area contributed by atoms with Crippen molar-refractivity contribution < 1.29 is 14.2 Å². The largest absolute Gasteiger partial charge is 0.381 e. The van der Waals surface area contributed by atoms with Gasteiger partial charge >= 0.3 is 0 Å². The average molecular weight is 200 g/mol. The lowest BCUT2D eigenvalue weighted by molar-refractivity contribution is -0.237. The molecule has 1 aliphatic heterocycles. The first-order valence-electron chi connectivity index (χ1n) is 5.70. The Morgan fingerprint density at radius 2 is 2.00 bits per heavy atom. The normalized spacial score (nSPS) is 25.5. The van der Waals surface area contributed by atoms with Crippen LogP contribution in [0.15, 0.2) is 0 Å². The van der Waals surface area contributed by atoms with Gasteiger partial charge in [0.05, 0.1) is 13.2 Å². The molecule has 3 nitrogen and oxygen atoms in total. The molecule has 0 radical (unpaired) electrons. The second-order valence-electron chi connectivity index (χ2n) is 4.31. The standard InChI is InChI=1S/C11H20O3/c1-2-3-4-12-9-10-7-11(8-10)13-5-6-14-11/h10H,2-9H2,1H3. The quantitative estimate of drug-likeness (QED) is 0.635. The second-order valence-corrected chi connectivity index (χ2v) is 4.31. The van der Waals surface area contributed by atoms with Gasteiger partial charge in [-0.15, -0.1) is 0 Å². The van der Waals surface area contributed by atoms with E-state index in [0.717, 1.165) is 39.3 Å². The molecule has 0 amide bonds. The van der Waals surface area contributed by atoms with E-state index in [2.05, 4.69) is 6.92 Å². The number of hydrogen-bond acceptors (Lipinski definition) is 3. The van der Waals surface area contributed by atoms with Crippen LogP contribution in [0, 0.1) is 5.92 Å². The van der Waals surface area contributed by atoms with E-state index < -0.39 is 0 Å². The van der Waals surface area contributed by atoms with Gasteiger partial charge in [-0.3, -0.25) is 0 Å². The Hall–Kier alpha value is -0.120. The summed E-state index contributed by atoms with van der Waals surface area (Å²) < 4.78 is 16.7. The zero-order valence-electron chi connectivity index (χ0n) is 8.96. The van der Waals surface area contributed by atoms with Crippen molar-refractivity contribution in [2.75, 3.05) is 26.4 Å². The highest BCUT2D eigenvalue weighted by Gasteiger charge is 2.48. The zero-order valence-corrected chi connectivity index (χ0v) is 8.96. The summed E-state index contributed by atoms with van der Waals surface area (Å²) in [5.74, 6) is 0.462. The highest BCUT2D eigenvalue weighted by atomic mass is 16.7. The summed E-state index contributed by atoms with van der Waals surface area (Å²) in [4.78, 5) is 0. The maximum Gasteiger partial charge on any atom is 0.169 e. The molecular weight excluding hydrogens is 180 g/mol. The monoisotopic (exact) mass is 200 g/mol. The van der Waals surface area contributed by atoms with Crippen LogP contribution in [0.4, 0.5) is 0 Å². The molecule has 0 atom stereocenters. The molecule has 2 rings (SSSR count). The summed E-state index contributed by atoms with van der Waals surface area (Å²) in [5.41, 5.74) is 0. The fourth-order valence-corrected chi connectivity index (χ4v) is 2.17. The van der Waals surface area contributed by atoms with E-state index in [-0.39, 0.29) is 5.79 Å². The molecule has 3 heteroatoms. The van der Waals surface area contributed by atoms with Gasteiger partial charge in [0.1, 0.15) is 0 Å². The van der Waals surface area contributed by atoms with Crippen LogP contribution in [-0.2, 0) is 14.2 Å². The smallest absolute Gasteiger partial charge is 0.169 e. The third-order valence-electron chi connectivity index (χ3n) is 3.01. The molecule has 1 aliphatic carbocycles. The molecular formula is C11H20O3. The number of ether oxygens (including phenoxy) is 3. The second kappa shape index (κ2) is 4.60. The van der Waals surface area contributed by atoms with E-state index in [1.54, 1.807) is 0 Å². The average Bonchev–Trinajstić information content (AvgIpc) is 2.59. The van der Waals surface area contributed by atoms with Crippen molar-refractivity contribution in [1.29, 1.82) is 0 Å². The lowest BCUT2D eigenvalue weighted by Crippen LogP contribution is -2.46. The van der Waals surface area contributed by atoms with Crippen molar-refractivity contribution in [3.05, 3.63) is 0 Å². The van der Waals surface area contributed by atoms with Crippen LogP contribution >= 0.6 is 0 Å². The van der Waals surface area contributed by atoms with Crippen molar-refractivity contribution in [3.8, 4) is 0 Å². The Balaban J connectivity index is 1.54. The molecule has 1 spiro atoms. The van der Waals surface area contributed by atoms with Crippen molar-refractivity contribution >= 4 is 0 Å². The fraction of sp³-hybridized carbons (Fsp3) is 1.00. The maximum absolute atomic E-state index is 5.57. The van der Waals surface area contributed by atoms with Crippen LogP contribution < -0.4 is 0 Å². The SMILES string of the molecule is CCCCOCC1CC2(C1)OCCO2. The molecule has 0 aromatic carbocycles. The fourth-order valence-electron chi connectivity index (χ4n) is 2.17. The molecule has 2 fully saturated rings. The molecule has 2 aliphatic rings. The summed E-state index contributed by atoms with van der Waals surface area (Å²) in [6, 6.07) is 0. The predicted molar refractivity (Wildman–Crippen MR) is 53.1 cm³/mol. The topological polar surface area (TPSA) is 27.7 Å². The minimum absolute atomic E-state index is 0.196. The highest BCUT2D eigenvalue weighted by molar-refractivity contribution is 4.90. The molecule has 0 N–H and O–H groups in total. The first kappa shape index (κ1) is 10.4. The van der Waals surface area contributed by atoms with Crippen LogP contribution in [-0.4, -0.2) is 32.2 Å². The summed E-state index contributed by atoms with van der Waals surface area (Å²) in [6.07, 6.45) is 4.43. The third-order valence-corrected chi connectivity index (χ3v) is 3.01. The molecule has 0 unspecified atom stereocenters. The van der Waals surface area contributed by atoms with Gasteiger partial charge in [0, 0.05) is 26.1 Å². The Bertz CT molecular complexity index is 167. The van der Waals surface area contributed by atoms with Gasteiger partial charge in [0.15, 0.2) is 5.79 Å². The van der Waals surface area contributed by atoms with Gasteiger partial charge in [-0.25, -0.2) is 0 Å². The van der Waals surface area contributed by atoms with Crippen LogP contribution in [0.2, 0.25) is 0 Å². The molecule has 0 bridgehead atoms. The van der Waals surface area contributed by atoms with Gasteiger partial charge in [0.2, 0.25) is 0 Å². The van der Waals surface area contributed by atoms with E-state index >= 15 is 0 Å². The Labute approximate surface area is 85.7 Å². The van der Waals surface area contributed by atoms with Crippen molar-refractivity contribution in [2.45, 2.75) is 38.4 Å². The van der Waals surface area contributed by atoms with Gasteiger partial charge in [-0.05, 0) is 12.3 Å². The zero-order chi connectivity index (χ0) is 9.86. The summed E-state index contributed by atoms with van der Waals surface area (Å²) in [6.45, 7) is 5.50. The molecule has 1 saturated carbocycles. The highest BCUT2D eigenvalue weighted by Crippen LogP contribution is 2.44. The van der Waals surface area contributed by atoms with E-state index in [1.807, 2.05) is 0 Å². The Morgan fingerprint density at radius 1 is 1.29 bits per heavy atom. The first-order chi connectivity index (χ1) is 6.85. The van der Waals surface area contributed by atoms with Gasteiger partial charge in [-0.1, -0.05) is 13.3 Å². The van der Waals surface area contributed by atoms with Crippen molar-refractivity contribution in [2.24, 2.45) is 5.92 Å². The Morgan fingerprint density at radius 3 is 2.64 bits per heavy atom. The van der Waals surface area contributed by atoms with Crippen LogP contribution in [0.5, 0.6) is 0 Å². The summed E-state index contributed by atoms with van der Waals surface area (Å²) >= 11 is 0. The number of hydrogen-bond donors (Lipinski definition) is 0. The van der Waals surface area contributed by atoms with Crippen LogP contribution in [0.25, 0.3) is 0 Å². The maximum atomic E-state index is 5.57. The molecule has 1 saturated heterocycles. The molecule has 14 heavy (non-hydrogen) atoms. The van der Waals surface area contributed by atoms with Gasteiger partial charge < -0.3 is 14.2 Å². The molecule has 0 aromatic rings. The van der Waals surface area contributed by atoms with Crippen LogP contribution in [0.1, 0.15) is 32.6 Å². The number of unbranched alkanes of at least 4 members (excludes halogenated alkanes) is 1. The Kier molecular flexibility index (Phi) is 3.42. The molecule has 82 valence electrons. The van der Waals surface area contributed by atoms with Crippen molar-refractivity contribution in [1.82, 2.24) is 0 Å².